The Morgan fingerprint density at radius 2 is 2.14 bits per heavy atom. The Morgan fingerprint density at radius 1 is 1.31 bits per heavy atom. The summed E-state index contributed by atoms with van der Waals surface area (Å²) in [6.45, 7) is 4.52. The van der Waals surface area contributed by atoms with Crippen LogP contribution in [0.2, 0.25) is 0 Å². The molecule has 29 heavy (non-hydrogen) atoms. The van der Waals surface area contributed by atoms with Gasteiger partial charge in [-0.25, -0.2) is 0 Å². The van der Waals surface area contributed by atoms with Crippen molar-refractivity contribution in [2.45, 2.75) is 6.54 Å². The number of rotatable bonds is 4. The minimum Gasteiger partial charge on any atom is -0.493 e. The predicted octanol–water partition coefficient (Wildman–Crippen LogP) is 4.11. The Balaban J connectivity index is 1.63. The maximum Gasteiger partial charge on any atom is 0.315 e. The molecule has 0 N–H and O–H groups in total. The van der Waals surface area contributed by atoms with Crippen molar-refractivity contribution in [2.75, 3.05) is 13.9 Å². The summed E-state index contributed by atoms with van der Waals surface area (Å²) in [6.07, 6.45) is 1.76. The molecule has 0 saturated carbocycles. The zero-order valence-corrected chi connectivity index (χ0v) is 16.3. The zero-order chi connectivity index (χ0) is 20.0. The maximum absolute atomic E-state index is 12.8. The average molecular weight is 408 g/mol. The largest absolute Gasteiger partial charge is 0.493 e. The Morgan fingerprint density at radius 3 is 2.93 bits per heavy atom. The molecule has 0 radical (unpaired) electrons. The van der Waals surface area contributed by atoms with Crippen LogP contribution in [0.3, 0.4) is 0 Å². The van der Waals surface area contributed by atoms with Gasteiger partial charge in [0.15, 0.2) is 33.4 Å². The Bertz CT molecular complexity index is 1340. The molecule has 0 saturated heterocycles. The number of hydrogen-bond acceptors (Lipinski definition) is 6. The van der Waals surface area contributed by atoms with Crippen molar-refractivity contribution in [1.29, 1.82) is 0 Å². The fourth-order valence-electron chi connectivity index (χ4n) is 3.29. The number of thiazole rings is 1. The van der Waals surface area contributed by atoms with E-state index in [9.17, 15) is 4.79 Å². The first-order chi connectivity index (χ1) is 14.2. The lowest BCUT2D eigenvalue weighted by molar-refractivity contribution is 0.0973. The first-order valence-corrected chi connectivity index (χ1v) is 9.69. The van der Waals surface area contributed by atoms with Gasteiger partial charge < -0.3 is 23.2 Å². The number of hydrogen-bond donors (Lipinski definition) is 0. The molecule has 0 aliphatic carbocycles. The van der Waals surface area contributed by atoms with E-state index in [0.29, 0.717) is 34.2 Å². The van der Waals surface area contributed by atoms with Crippen LogP contribution in [-0.4, -0.2) is 24.4 Å². The van der Waals surface area contributed by atoms with Gasteiger partial charge in [0.25, 0.3) is 0 Å². The zero-order valence-electron chi connectivity index (χ0n) is 15.5. The standard InChI is InChI=1S/C21H16N2O5S/c1-3-7-23-13-9-15-16(27-11-26-15)10-18(13)29-21(23)22-20(24)17-8-12-5-4-6-14(25-2)19(12)28-17/h3-6,8-10H,1,7,11H2,2H3. The fourth-order valence-corrected chi connectivity index (χ4v) is 4.34. The second-order valence-corrected chi connectivity index (χ2v) is 7.37. The molecule has 0 unspecified atom stereocenters. The van der Waals surface area contributed by atoms with Crippen molar-refractivity contribution in [3.8, 4) is 17.2 Å². The summed E-state index contributed by atoms with van der Waals surface area (Å²) < 4.78 is 24.8. The van der Waals surface area contributed by atoms with Crippen molar-refractivity contribution in [2.24, 2.45) is 4.99 Å². The number of furan rings is 1. The highest BCUT2D eigenvalue weighted by molar-refractivity contribution is 7.16. The van der Waals surface area contributed by atoms with Crippen molar-refractivity contribution in [1.82, 2.24) is 4.57 Å². The molecule has 1 amide bonds. The number of allylic oxidation sites excluding steroid dienone is 1. The summed E-state index contributed by atoms with van der Waals surface area (Å²) in [6, 6.07) is 11.0. The van der Waals surface area contributed by atoms with Gasteiger partial charge in [-0.05, 0) is 12.1 Å². The van der Waals surface area contributed by atoms with E-state index in [1.54, 1.807) is 25.3 Å². The van der Waals surface area contributed by atoms with Crippen LogP contribution in [0.5, 0.6) is 17.2 Å². The van der Waals surface area contributed by atoms with E-state index in [1.807, 2.05) is 28.8 Å². The summed E-state index contributed by atoms with van der Waals surface area (Å²) in [5, 5.41) is 0.781. The first-order valence-electron chi connectivity index (χ1n) is 8.87. The average Bonchev–Trinajstić information content (AvgIpc) is 3.43. The van der Waals surface area contributed by atoms with Gasteiger partial charge >= 0.3 is 5.91 Å². The number of methoxy groups -OCH3 is 1. The summed E-state index contributed by atoms with van der Waals surface area (Å²) in [7, 11) is 1.56. The van der Waals surface area contributed by atoms with E-state index in [4.69, 9.17) is 18.6 Å². The van der Waals surface area contributed by atoms with Crippen LogP contribution in [0.4, 0.5) is 0 Å². The highest BCUT2D eigenvalue weighted by Gasteiger charge is 2.19. The summed E-state index contributed by atoms with van der Waals surface area (Å²) in [5.74, 6) is 1.62. The first kappa shape index (κ1) is 17.6. The van der Waals surface area contributed by atoms with Crippen LogP contribution < -0.4 is 19.0 Å². The smallest absolute Gasteiger partial charge is 0.315 e. The Hall–Kier alpha value is -3.52. The molecule has 1 aliphatic rings. The van der Waals surface area contributed by atoms with E-state index < -0.39 is 5.91 Å². The Labute approximate surface area is 169 Å². The van der Waals surface area contributed by atoms with E-state index in [2.05, 4.69) is 11.6 Å². The lowest BCUT2D eigenvalue weighted by Crippen LogP contribution is -2.16. The number of benzene rings is 2. The SMILES string of the molecule is C=CCn1c(=NC(=O)c2cc3cccc(OC)c3o2)sc2cc3c(cc21)OCO3. The van der Waals surface area contributed by atoms with Gasteiger partial charge in [0.05, 0.1) is 17.3 Å². The number of amides is 1. The normalized spacial score (nSPS) is 13.3. The fraction of sp³-hybridized carbons (Fsp3) is 0.143. The van der Waals surface area contributed by atoms with E-state index in [1.165, 1.54) is 11.3 Å². The summed E-state index contributed by atoms with van der Waals surface area (Å²) in [4.78, 5) is 17.7. The molecule has 3 heterocycles. The Kier molecular flexibility index (Phi) is 4.13. The molecule has 2 aromatic heterocycles. The molecule has 0 spiro atoms. The van der Waals surface area contributed by atoms with Crippen molar-refractivity contribution in [3.05, 3.63) is 59.6 Å². The van der Waals surface area contributed by atoms with Gasteiger partial charge in [0.1, 0.15) is 0 Å². The quantitative estimate of drug-likeness (QED) is 0.475. The van der Waals surface area contributed by atoms with Gasteiger partial charge in [-0.15, -0.1) is 6.58 Å². The van der Waals surface area contributed by atoms with Crippen molar-refractivity contribution in [3.63, 3.8) is 0 Å². The third-order valence-corrected chi connectivity index (χ3v) is 5.67. The van der Waals surface area contributed by atoms with E-state index >= 15 is 0 Å². The second kappa shape index (κ2) is 6.82. The number of ether oxygens (including phenoxy) is 3. The summed E-state index contributed by atoms with van der Waals surface area (Å²) >= 11 is 1.39. The van der Waals surface area contributed by atoms with Crippen LogP contribution >= 0.6 is 11.3 Å². The second-order valence-electron chi connectivity index (χ2n) is 6.36. The van der Waals surface area contributed by atoms with Crippen LogP contribution in [0.1, 0.15) is 10.6 Å². The highest BCUT2D eigenvalue weighted by Crippen LogP contribution is 2.37. The molecule has 2 aromatic carbocycles. The number of carbonyl (C=O) groups excluding carboxylic acids is 1. The number of carbonyl (C=O) groups is 1. The highest BCUT2D eigenvalue weighted by atomic mass is 32.1. The third-order valence-electron chi connectivity index (χ3n) is 4.62. The van der Waals surface area contributed by atoms with E-state index in [-0.39, 0.29) is 12.6 Å². The van der Waals surface area contributed by atoms with Crippen molar-refractivity contribution < 1.29 is 23.4 Å². The van der Waals surface area contributed by atoms with Gasteiger partial charge in [-0.2, -0.15) is 4.99 Å². The van der Waals surface area contributed by atoms with E-state index in [0.717, 1.165) is 15.6 Å². The van der Waals surface area contributed by atoms with Gasteiger partial charge in [0, 0.05) is 24.1 Å². The predicted molar refractivity (Wildman–Crippen MR) is 109 cm³/mol. The summed E-state index contributed by atoms with van der Waals surface area (Å²) in [5.41, 5.74) is 1.42. The molecule has 146 valence electrons. The van der Waals surface area contributed by atoms with Crippen LogP contribution in [-0.2, 0) is 6.54 Å². The molecule has 0 atom stereocenters. The molecular formula is C21H16N2O5S. The molecule has 0 fully saturated rings. The van der Waals surface area contributed by atoms with Crippen molar-refractivity contribution >= 4 is 38.4 Å². The topological polar surface area (TPSA) is 75.2 Å². The minimum absolute atomic E-state index is 0.154. The molecule has 7 nitrogen and oxygen atoms in total. The number of aromatic nitrogens is 1. The molecule has 8 heteroatoms. The monoisotopic (exact) mass is 408 g/mol. The molecule has 0 bridgehead atoms. The van der Waals surface area contributed by atoms with Crippen LogP contribution in [0.25, 0.3) is 21.2 Å². The van der Waals surface area contributed by atoms with Gasteiger partial charge in [-0.3, -0.25) is 4.79 Å². The lowest BCUT2D eigenvalue weighted by Gasteiger charge is -2.02. The number of para-hydroxylation sites is 1. The number of nitrogens with zero attached hydrogens (tertiary/aromatic N) is 2. The molecule has 5 rings (SSSR count). The number of fused-ring (bicyclic) bond motifs is 3. The molecular weight excluding hydrogens is 392 g/mol. The van der Waals surface area contributed by atoms with Gasteiger partial charge in [0.2, 0.25) is 6.79 Å². The molecule has 4 aromatic rings. The third kappa shape index (κ3) is 2.89. The minimum atomic E-state index is -0.465. The molecule has 1 aliphatic heterocycles. The van der Waals surface area contributed by atoms with Crippen LogP contribution in [0.15, 0.2) is 58.5 Å². The lowest BCUT2D eigenvalue weighted by atomic mass is 10.2. The maximum atomic E-state index is 12.8. The van der Waals surface area contributed by atoms with Gasteiger partial charge in [-0.1, -0.05) is 29.5 Å². The van der Waals surface area contributed by atoms with Crippen LogP contribution in [0, 0.1) is 0 Å².